The highest BCUT2D eigenvalue weighted by Gasteiger charge is 2.55. The quantitative estimate of drug-likeness (QED) is 0.0605. The second kappa shape index (κ2) is 13.3. The number of hydrogen-bond donors (Lipinski definition) is 4. The van der Waals surface area contributed by atoms with E-state index >= 15 is 0 Å². The molecule has 0 radical (unpaired) electrons. The van der Waals surface area contributed by atoms with Crippen LogP contribution in [0.5, 0.6) is 5.75 Å². The fraction of sp³-hybridized carbons (Fsp3) is 0.243. The Morgan fingerprint density at radius 1 is 0.936 bits per heavy atom. The van der Waals surface area contributed by atoms with Crippen LogP contribution in [0.3, 0.4) is 0 Å². The predicted octanol–water partition coefficient (Wildman–Crippen LogP) is 5.24. The first-order chi connectivity index (χ1) is 22.7. The summed E-state index contributed by atoms with van der Waals surface area (Å²) in [6, 6.07) is 25.9. The first kappa shape index (κ1) is 31.8. The number of nitro groups is 1. The predicted molar refractivity (Wildman–Crippen MR) is 177 cm³/mol. The average Bonchev–Trinajstić information content (AvgIpc) is 3.35. The molecule has 0 saturated carbocycles. The van der Waals surface area contributed by atoms with Gasteiger partial charge in [-0.3, -0.25) is 19.7 Å². The molecular weight excluding hydrogens is 600 g/mol. The number of nitrogens with zero attached hydrogens (tertiary/aromatic N) is 2. The van der Waals surface area contributed by atoms with Crippen molar-refractivity contribution in [2.75, 3.05) is 18.1 Å². The molecule has 0 unspecified atom stereocenters. The van der Waals surface area contributed by atoms with Gasteiger partial charge in [-0.2, -0.15) is 0 Å². The maximum atomic E-state index is 13.8. The lowest BCUT2D eigenvalue weighted by atomic mass is 9.68. The van der Waals surface area contributed by atoms with E-state index in [0.29, 0.717) is 23.0 Å². The zero-order valence-electron chi connectivity index (χ0n) is 25.4. The zero-order chi connectivity index (χ0) is 33.2. The molecule has 1 fully saturated rings. The molecule has 4 aromatic carbocycles. The highest BCUT2D eigenvalue weighted by Crippen LogP contribution is 2.47. The Kier molecular flexibility index (Phi) is 8.99. The highest BCUT2D eigenvalue weighted by molar-refractivity contribution is 6.22. The third kappa shape index (κ3) is 5.94. The van der Waals surface area contributed by atoms with Crippen LogP contribution in [0.4, 0.5) is 11.4 Å². The number of aromatic hydroxyl groups is 1. The Hall–Kier alpha value is -5.16. The monoisotopic (exact) mass is 634 g/mol. The molecule has 0 aromatic heterocycles. The van der Waals surface area contributed by atoms with Gasteiger partial charge in [-0.25, -0.2) is 4.90 Å². The number of imide groups is 1. The van der Waals surface area contributed by atoms with Crippen LogP contribution in [0.15, 0.2) is 102 Å². The van der Waals surface area contributed by atoms with Crippen LogP contribution in [0, 0.1) is 27.9 Å². The molecular formula is C37H34N2O8. The molecule has 2 aliphatic rings. The molecule has 10 nitrogen and oxygen atoms in total. The number of phenolic OH excluding ortho intramolecular Hbond substituents is 1. The minimum atomic E-state index is -1.14. The molecule has 2 amide bonds. The van der Waals surface area contributed by atoms with Crippen LogP contribution in [-0.4, -0.2) is 56.5 Å². The molecule has 47 heavy (non-hydrogen) atoms. The number of amides is 2. The van der Waals surface area contributed by atoms with Crippen molar-refractivity contribution in [3.63, 3.8) is 0 Å². The van der Waals surface area contributed by atoms with Gasteiger partial charge in [-0.1, -0.05) is 72.8 Å². The summed E-state index contributed by atoms with van der Waals surface area (Å²) in [5.74, 6) is -3.82. The highest BCUT2D eigenvalue weighted by atomic mass is 16.6. The number of benzene rings is 4. The maximum absolute atomic E-state index is 13.8. The van der Waals surface area contributed by atoms with E-state index < -0.39 is 53.8 Å². The number of carbonyl (C=O) groups excluding carboxylic acids is 2. The van der Waals surface area contributed by atoms with Crippen molar-refractivity contribution in [1.29, 1.82) is 0 Å². The molecule has 0 spiro atoms. The second-order valence-electron chi connectivity index (χ2n) is 11.9. The number of aliphatic hydroxyl groups excluding tert-OH is 3. The van der Waals surface area contributed by atoms with Crippen molar-refractivity contribution in [1.82, 2.24) is 0 Å². The lowest BCUT2D eigenvalue weighted by Crippen LogP contribution is -2.39. The molecule has 4 aromatic rings. The first-order valence-corrected chi connectivity index (χ1v) is 15.4. The van der Waals surface area contributed by atoms with E-state index in [1.807, 2.05) is 66.7 Å². The van der Waals surface area contributed by atoms with Gasteiger partial charge in [0.2, 0.25) is 11.8 Å². The van der Waals surface area contributed by atoms with Gasteiger partial charge in [0.05, 0.1) is 41.8 Å². The molecule has 6 rings (SSSR count). The average molecular weight is 635 g/mol. The van der Waals surface area contributed by atoms with Gasteiger partial charge in [0.1, 0.15) is 5.75 Å². The summed E-state index contributed by atoms with van der Waals surface area (Å²) < 4.78 is 0. The van der Waals surface area contributed by atoms with Crippen LogP contribution >= 0.6 is 0 Å². The first-order valence-electron chi connectivity index (χ1n) is 15.4. The second-order valence-corrected chi connectivity index (χ2v) is 11.9. The van der Waals surface area contributed by atoms with E-state index in [-0.39, 0.29) is 30.0 Å². The fourth-order valence-electron chi connectivity index (χ4n) is 7.13. The van der Waals surface area contributed by atoms with Crippen LogP contribution in [0.1, 0.15) is 30.4 Å². The largest absolute Gasteiger partial charge is 0.507 e. The number of rotatable bonds is 10. The number of hydrogen-bond acceptors (Lipinski definition) is 8. The molecule has 0 bridgehead atoms. The van der Waals surface area contributed by atoms with Crippen molar-refractivity contribution in [3.8, 4) is 5.75 Å². The fourth-order valence-corrected chi connectivity index (χ4v) is 7.13. The van der Waals surface area contributed by atoms with Crippen LogP contribution in [0.25, 0.3) is 22.4 Å². The number of aliphatic hydroxyl groups is 3. The number of non-ortho nitro benzene ring substituents is 1. The van der Waals surface area contributed by atoms with E-state index in [1.54, 1.807) is 6.07 Å². The van der Waals surface area contributed by atoms with Gasteiger partial charge in [0.25, 0.3) is 5.69 Å². The third-order valence-corrected chi connectivity index (χ3v) is 9.33. The summed E-state index contributed by atoms with van der Waals surface area (Å²) in [5, 5.41) is 56.0. The Bertz CT molecular complexity index is 1920. The van der Waals surface area contributed by atoms with Crippen molar-refractivity contribution in [2.24, 2.45) is 17.8 Å². The smallest absolute Gasteiger partial charge is 0.271 e. The summed E-state index contributed by atoms with van der Waals surface area (Å²) in [5.41, 5.74) is 3.25. The van der Waals surface area contributed by atoms with Crippen LogP contribution in [0.2, 0.25) is 0 Å². The van der Waals surface area contributed by atoms with Crippen LogP contribution < -0.4 is 4.90 Å². The van der Waals surface area contributed by atoms with Gasteiger partial charge < -0.3 is 20.4 Å². The molecule has 10 heteroatoms. The zero-order valence-corrected chi connectivity index (χ0v) is 25.4. The molecule has 240 valence electrons. The molecule has 1 aliphatic heterocycles. The maximum Gasteiger partial charge on any atom is 0.271 e. The van der Waals surface area contributed by atoms with E-state index in [0.717, 1.165) is 33.1 Å². The van der Waals surface area contributed by atoms with E-state index in [2.05, 4.69) is 0 Å². The lowest BCUT2D eigenvalue weighted by molar-refractivity contribution is -0.384. The number of nitro benzene ring substituents is 1. The Balaban J connectivity index is 1.31. The number of phenols is 1. The summed E-state index contributed by atoms with van der Waals surface area (Å²) in [7, 11) is 0. The number of carbonyl (C=O) groups is 2. The van der Waals surface area contributed by atoms with Crippen molar-refractivity contribution in [3.05, 3.63) is 123 Å². The Labute approximate surface area is 270 Å². The van der Waals surface area contributed by atoms with Gasteiger partial charge >= 0.3 is 0 Å². The lowest BCUT2D eigenvalue weighted by Gasteiger charge is -2.36. The summed E-state index contributed by atoms with van der Waals surface area (Å²) >= 11 is 0. The Morgan fingerprint density at radius 2 is 1.66 bits per heavy atom. The minimum absolute atomic E-state index is 0.0148. The van der Waals surface area contributed by atoms with Gasteiger partial charge in [0.15, 0.2) is 0 Å². The molecule has 1 saturated heterocycles. The summed E-state index contributed by atoms with van der Waals surface area (Å²) in [6.45, 7) is -1.01. The molecule has 4 atom stereocenters. The topological polar surface area (TPSA) is 161 Å². The van der Waals surface area contributed by atoms with Crippen molar-refractivity contribution in [2.45, 2.75) is 25.4 Å². The van der Waals surface area contributed by atoms with E-state index in [1.165, 1.54) is 18.2 Å². The summed E-state index contributed by atoms with van der Waals surface area (Å²) in [6.07, 6.45) is 1.47. The van der Waals surface area contributed by atoms with Crippen molar-refractivity contribution >= 4 is 45.6 Å². The van der Waals surface area contributed by atoms with Gasteiger partial charge in [-0.15, -0.1) is 0 Å². The molecule has 1 heterocycles. The van der Waals surface area contributed by atoms with E-state index in [9.17, 15) is 40.1 Å². The summed E-state index contributed by atoms with van der Waals surface area (Å²) in [4.78, 5) is 39.0. The van der Waals surface area contributed by atoms with Crippen molar-refractivity contribution < 1.29 is 34.9 Å². The van der Waals surface area contributed by atoms with Gasteiger partial charge in [-0.05, 0) is 64.6 Å². The van der Waals surface area contributed by atoms with Gasteiger partial charge in [0, 0.05) is 23.4 Å². The third-order valence-electron chi connectivity index (χ3n) is 9.33. The Morgan fingerprint density at radius 3 is 2.36 bits per heavy atom. The number of allylic oxidation sites excluding steroid dienone is 1. The number of fused-ring (bicyclic) bond motifs is 2. The SMILES string of the molecule is O=C1[C@@H]2[C@@H](CC(CO)=C([C@H](O)CC/C(=C/c3ccc(O)c4ccccc34)c3ccccc3)[C@@H]2CO)C(=O)N1c1cccc([N+](=O)[O-])c1. The molecule has 1 aliphatic carbocycles. The number of anilines is 1. The van der Waals surface area contributed by atoms with Crippen LogP contribution in [-0.2, 0) is 9.59 Å². The molecule has 4 N–H and O–H groups in total. The van der Waals surface area contributed by atoms with E-state index in [4.69, 9.17) is 0 Å². The normalized spacial score (nSPS) is 20.5. The standard InChI is InChI=1S/C37H34N2O8/c40-20-25-18-30-35(37(45)38(36(30)44)26-9-6-10-27(19-26)39(46)47)31(21-41)34(25)33(43)16-13-23(22-7-2-1-3-8-22)17-24-14-15-32(42)29-12-5-4-11-28(24)29/h1-12,14-15,17,19,30-31,33,35,40-43H,13,16,18,20-21H2/b23-17-/t30-,31+,33-,35-/m1/s1. The minimum Gasteiger partial charge on any atom is -0.507 e.